The second-order valence-corrected chi connectivity index (χ2v) is 10.5. The van der Waals surface area contributed by atoms with E-state index >= 15 is 0 Å². The summed E-state index contributed by atoms with van der Waals surface area (Å²) in [6.07, 6.45) is 5.70. The molecule has 1 aliphatic heterocycles. The molecule has 7 nitrogen and oxygen atoms in total. The number of aromatic nitrogens is 2. The zero-order valence-electron chi connectivity index (χ0n) is 19.1. The molecular formula is C26H27N5O2S. The SMILES string of the molecule is Cc1cc2cc(Nc3ccnc4cc(C(=O)N5CCC(NC(=O)C6CCC6)C5)sc34)ccc2[nH]1. The Bertz CT molecular complexity index is 1400. The highest BCUT2D eigenvalue weighted by Crippen LogP contribution is 2.34. The molecule has 1 saturated carbocycles. The van der Waals surface area contributed by atoms with Gasteiger partial charge in [-0.25, -0.2) is 0 Å². The van der Waals surface area contributed by atoms with Crippen LogP contribution in [-0.4, -0.2) is 45.8 Å². The number of aryl methyl sites for hydroxylation is 1. The van der Waals surface area contributed by atoms with Crippen LogP contribution in [0.2, 0.25) is 0 Å². The molecule has 174 valence electrons. The quantitative estimate of drug-likeness (QED) is 0.382. The molecule has 4 heterocycles. The van der Waals surface area contributed by atoms with Crippen LogP contribution in [0.5, 0.6) is 0 Å². The number of carbonyl (C=O) groups is 2. The second kappa shape index (κ2) is 8.43. The largest absolute Gasteiger partial charge is 0.359 e. The van der Waals surface area contributed by atoms with Crippen molar-refractivity contribution in [3.8, 4) is 0 Å². The fraction of sp³-hybridized carbons (Fsp3) is 0.346. The van der Waals surface area contributed by atoms with Crippen molar-refractivity contribution in [2.24, 2.45) is 5.92 Å². The van der Waals surface area contributed by atoms with Gasteiger partial charge in [0.1, 0.15) is 0 Å². The van der Waals surface area contributed by atoms with E-state index in [1.54, 1.807) is 6.20 Å². The van der Waals surface area contributed by atoms with Crippen molar-refractivity contribution < 1.29 is 9.59 Å². The summed E-state index contributed by atoms with van der Waals surface area (Å²) >= 11 is 1.47. The standard InChI is InChI=1S/C26H27N5O2S/c1-15-11-17-12-18(5-6-20(17)28-15)29-21-7-9-27-22-13-23(34-24(21)22)26(33)31-10-8-19(14-31)30-25(32)16-3-2-4-16/h5-7,9,11-13,16,19,28H,2-4,8,10,14H2,1H3,(H,27,29)(H,30,32). The molecule has 0 bridgehead atoms. The number of fused-ring (bicyclic) bond motifs is 2. The van der Waals surface area contributed by atoms with Crippen molar-refractivity contribution in [1.82, 2.24) is 20.2 Å². The molecule has 1 aromatic carbocycles. The van der Waals surface area contributed by atoms with Crippen molar-refractivity contribution in [3.63, 3.8) is 0 Å². The number of amides is 2. The molecule has 3 aromatic heterocycles. The van der Waals surface area contributed by atoms with E-state index in [0.29, 0.717) is 18.0 Å². The smallest absolute Gasteiger partial charge is 0.264 e. The fourth-order valence-corrected chi connectivity index (χ4v) is 5.91. The van der Waals surface area contributed by atoms with Crippen molar-refractivity contribution in [1.29, 1.82) is 0 Å². The highest BCUT2D eigenvalue weighted by atomic mass is 32.1. The number of hydrogen-bond acceptors (Lipinski definition) is 5. The summed E-state index contributed by atoms with van der Waals surface area (Å²) < 4.78 is 0.963. The summed E-state index contributed by atoms with van der Waals surface area (Å²) in [7, 11) is 0. The van der Waals surface area contributed by atoms with Crippen LogP contribution in [0.1, 0.15) is 41.0 Å². The van der Waals surface area contributed by atoms with Gasteiger partial charge in [0.05, 0.1) is 20.8 Å². The Morgan fingerprint density at radius 2 is 2.03 bits per heavy atom. The second-order valence-electron chi connectivity index (χ2n) is 9.44. The van der Waals surface area contributed by atoms with Crippen LogP contribution in [-0.2, 0) is 4.79 Å². The Morgan fingerprint density at radius 1 is 1.15 bits per heavy atom. The van der Waals surface area contributed by atoms with Crippen LogP contribution in [0, 0.1) is 12.8 Å². The monoisotopic (exact) mass is 473 g/mol. The van der Waals surface area contributed by atoms with E-state index in [2.05, 4.69) is 45.7 Å². The van der Waals surface area contributed by atoms with E-state index < -0.39 is 0 Å². The molecule has 1 saturated heterocycles. The summed E-state index contributed by atoms with van der Waals surface area (Å²) in [5, 5.41) is 7.80. The van der Waals surface area contributed by atoms with Crippen molar-refractivity contribution in [3.05, 3.63) is 53.2 Å². The Hall–Kier alpha value is -3.39. The molecule has 4 aromatic rings. The molecule has 2 fully saturated rings. The highest BCUT2D eigenvalue weighted by molar-refractivity contribution is 7.21. The molecule has 2 amide bonds. The highest BCUT2D eigenvalue weighted by Gasteiger charge is 2.32. The van der Waals surface area contributed by atoms with E-state index in [4.69, 9.17) is 0 Å². The number of aromatic amines is 1. The molecule has 0 spiro atoms. The maximum absolute atomic E-state index is 13.2. The van der Waals surface area contributed by atoms with Gasteiger partial charge < -0.3 is 20.5 Å². The molecule has 34 heavy (non-hydrogen) atoms. The predicted molar refractivity (Wildman–Crippen MR) is 136 cm³/mol. The topological polar surface area (TPSA) is 90.1 Å². The molecule has 6 rings (SSSR count). The third-order valence-corrected chi connectivity index (χ3v) is 8.10. The van der Waals surface area contributed by atoms with E-state index in [1.807, 2.05) is 23.1 Å². The number of thiophene rings is 1. The average molecular weight is 474 g/mol. The number of benzene rings is 1. The average Bonchev–Trinajstić information content (AvgIpc) is 3.49. The van der Waals surface area contributed by atoms with Gasteiger partial charge in [0.15, 0.2) is 0 Å². The van der Waals surface area contributed by atoms with E-state index in [9.17, 15) is 9.59 Å². The van der Waals surface area contributed by atoms with Gasteiger partial charge in [-0.15, -0.1) is 11.3 Å². The van der Waals surface area contributed by atoms with Gasteiger partial charge in [0.25, 0.3) is 5.91 Å². The number of rotatable bonds is 5. The normalized spacial score (nSPS) is 18.4. The van der Waals surface area contributed by atoms with Gasteiger partial charge in [0.2, 0.25) is 5.91 Å². The zero-order valence-corrected chi connectivity index (χ0v) is 19.9. The van der Waals surface area contributed by atoms with Gasteiger partial charge in [-0.3, -0.25) is 14.6 Å². The van der Waals surface area contributed by atoms with Gasteiger partial charge in [-0.1, -0.05) is 6.42 Å². The fourth-order valence-electron chi connectivity index (χ4n) is 4.86. The van der Waals surface area contributed by atoms with E-state index in [1.165, 1.54) is 11.3 Å². The maximum Gasteiger partial charge on any atom is 0.264 e. The summed E-state index contributed by atoms with van der Waals surface area (Å²) in [5.74, 6) is 0.338. The van der Waals surface area contributed by atoms with E-state index in [-0.39, 0.29) is 23.8 Å². The van der Waals surface area contributed by atoms with Gasteiger partial charge in [0, 0.05) is 53.5 Å². The molecule has 1 unspecified atom stereocenters. The first-order valence-electron chi connectivity index (χ1n) is 11.9. The van der Waals surface area contributed by atoms with Crippen LogP contribution in [0.3, 0.4) is 0 Å². The third kappa shape index (κ3) is 3.92. The lowest BCUT2D eigenvalue weighted by Crippen LogP contribution is -2.42. The van der Waals surface area contributed by atoms with Crippen LogP contribution in [0.15, 0.2) is 42.6 Å². The van der Waals surface area contributed by atoms with E-state index in [0.717, 1.165) is 63.9 Å². The van der Waals surface area contributed by atoms with Crippen LogP contribution >= 0.6 is 11.3 Å². The predicted octanol–water partition coefficient (Wildman–Crippen LogP) is 4.96. The number of hydrogen-bond donors (Lipinski definition) is 3. The first kappa shape index (κ1) is 21.2. The number of H-pyrrole nitrogens is 1. The summed E-state index contributed by atoms with van der Waals surface area (Å²) in [5.41, 5.74) is 4.98. The number of pyridine rings is 1. The van der Waals surface area contributed by atoms with Crippen LogP contribution in [0.4, 0.5) is 11.4 Å². The minimum absolute atomic E-state index is 0.0126. The number of likely N-dealkylation sites (tertiary alicyclic amines) is 1. The number of anilines is 2. The Balaban J connectivity index is 1.18. The minimum Gasteiger partial charge on any atom is -0.359 e. The number of carbonyl (C=O) groups excluding carboxylic acids is 2. The first-order valence-corrected chi connectivity index (χ1v) is 12.7. The molecular weight excluding hydrogens is 446 g/mol. The lowest BCUT2D eigenvalue weighted by atomic mass is 9.84. The number of nitrogens with zero attached hydrogens (tertiary/aromatic N) is 2. The van der Waals surface area contributed by atoms with Gasteiger partial charge in [-0.2, -0.15) is 0 Å². The first-order chi connectivity index (χ1) is 16.5. The lowest BCUT2D eigenvalue weighted by Gasteiger charge is -2.26. The molecule has 1 atom stereocenters. The van der Waals surface area contributed by atoms with Crippen LogP contribution in [0.25, 0.3) is 21.1 Å². The number of nitrogens with one attached hydrogen (secondary N) is 3. The molecule has 8 heteroatoms. The molecule has 0 radical (unpaired) electrons. The van der Waals surface area contributed by atoms with Gasteiger partial charge in [-0.05, 0) is 62.6 Å². The van der Waals surface area contributed by atoms with Crippen molar-refractivity contribution >= 4 is 55.6 Å². The summed E-state index contributed by atoms with van der Waals surface area (Å²) in [6, 6.07) is 12.2. The van der Waals surface area contributed by atoms with Crippen molar-refractivity contribution in [2.75, 3.05) is 18.4 Å². The molecule has 2 aliphatic rings. The summed E-state index contributed by atoms with van der Waals surface area (Å²) in [4.78, 5) is 35.9. The zero-order chi connectivity index (χ0) is 23.2. The third-order valence-electron chi connectivity index (χ3n) is 6.95. The van der Waals surface area contributed by atoms with Crippen LogP contribution < -0.4 is 10.6 Å². The lowest BCUT2D eigenvalue weighted by molar-refractivity contribution is -0.128. The van der Waals surface area contributed by atoms with Gasteiger partial charge >= 0.3 is 0 Å². The minimum atomic E-state index is 0.0126. The Labute approximate surface area is 201 Å². The molecule has 3 N–H and O–H groups in total. The summed E-state index contributed by atoms with van der Waals surface area (Å²) in [6.45, 7) is 3.28. The maximum atomic E-state index is 13.2. The van der Waals surface area contributed by atoms with Crippen molar-refractivity contribution in [2.45, 2.75) is 38.6 Å². The Kier molecular flexibility index (Phi) is 5.25. The Morgan fingerprint density at radius 3 is 2.85 bits per heavy atom. The molecule has 1 aliphatic carbocycles.